The van der Waals surface area contributed by atoms with Gasteiger partial charge in [-0.25, -0.2) is 0 Å². The van der Waals surface area contributed by atoms with Crippen molar-refractivity contribution in [2.75, 3.05) is 11.5 Å². The van der Waals surface area contributed by atoms with Gasteiger partial charge in [0.25, 0.3) is 0 Å². The minimum absolute atomic E-state index is 0.441. The lowest BCUT2D eigenvalue weighted by molar-refractivity contribution is 0.426. The molecule has 0 fully saturated rings. The van der Waals surface area contributed by atoms with Crippen LogP contribution in [-0.4, -0.2) is 17.2 Å². The van der Waals surface area contributed by atoms with Crippen LogP contribution in [-0.2, 0) is 0 Å². The second-order valence-corrected chi connectivity index (χ2v) is 4.09. The van der Waals surface area contributed by atoms with Crippen molar-refractivity contribution in [2.45, 2.75) is 0 Å². The van der Waals surface area contributed by atoms with Crippen LogP contribution in [0.4, 0.5) is 10.7 Å². The average Bonchev–Trinajstić information content (AvgIpc) is 2.47. The molecular weight excluding hydrogens is 199 g/mol. The highest BCUT2D eigenvalue weighted by Gasteiger charge is 2.17. The Bertz CT molecular complexity index is 483. The number of hydrogen-bond donors (Lipinski definition) is 4. The lowest BCUT2D eigenvalue weighted by atomic mass is 9.79. The van der Waals surface area contributed by atoms with E-state index in [9.17, 15) is 0 Å². The van der Waals surface area contributed by atoms with Crippen molar-refractivity contribution in [3.8, 4) is 0 Å². The van der Waals surface area contributed by atoms with Gasteiger partial charge in [-0.2, -0.15) is 0 Å². The molecule has 72 valence electrons. The Morgan fingerprint density at radius 3 is 2.57 bits per heavy atom. The molecule has 6 N–H and O–H groups in total. The maximum atomic E-state index is 9.10. The first kappa shape index (κ1) is 9.33. The molecule has 0 saturated carbocycles. The molecular formula is C8H9BN2O2S. The zero-order chi connectivity index (χ0) is 10.3. The van der Waals surface area contributed by atoms with Crippen molar-refractivity contribution in [3.63, 3.8) is 0 Å². The van der Waals surface area contributed by atoms with Gasteiger partial charge in [-0.05, 0) is 12.1 Å². The predicted molar refractivity (Wildman–Crippen MR) is 60.5 cm³/mol. The molecule has 1 aromatic heterocycles. The SMILES string of the molecule is Nc1cc2c(N)ccc(B(O)O)c2s1. The van der Waals surface area contributed by atoms with Gasteiger partial charge in [-0.15, -0.1) is 11.3 Å². The number of thiophene rings is 1. The number of hydrogen-bond acceptors (Lipinski definition) is 5. The summed E-state index contributed by atoms with van der Waals surface area (Å²) in [5.41, 5.74) is 12.4. The van der Waals surface area contributed by atoms with Gasteiger partial charge in [0.1, 0.15) is 0 Å². The summed E-state index contributed by atoms with van der Waals surface area (Å²) in [6, 6.07) is 4.97. The van der Waals surface area contributed by atoms with Gasteiger partial charge in [0, 0.05) is 21.2 Å². The fourth-order valence-corrected chi connectivity index (χ4v) is 2.38. The Labute approximate surface area is 84.9 Å². The van der Waals surface area contributed by atoms with Crippen LogP contribution >= 0.6 is 11.3 Å². The predicted octanol–water partition coefficient (Wildman–Crippen LogP) is -0.254. The highest BCUT2D eigenvalue weighted by molar-refractivity contribution is 7.24. The first-order chi connectivity index (χ1) is 6.59. The standard InChI is InChI=1S/C8H9BN2O2S/c10-6-2-1-5(9(12)13)8-4(6)3-7(11)14-8/h1-3,12-13H,10-11H2. The first-order valence-corrected chi connectivity index (χ1v) is 4.85. The van der Waals surface area contributed by atoms with E-state index in [0.29, 0.717) is 16.2 Å². The van der Waals surface area contributed by atoms with Crippen LogP contribution in [0.1, 0.15) is 0 Å². The van der Waals surface area contributed by atoms with Gasteiger partial charge in [0.05, 0.1) is 5.00 Å². The van der Waals surface area contributed by atoms with Crippen LogP contribution in [0.3, 0.4) is 0 Å². The maximum Gasteiger partial charge on any atom is 0.489 e. The van der Waals surface area contributed by atoms with Gasteiger partial charge >= 0.3 is 7.12 Å². The molecule has 0 aliphatic rings. The Hall–Kier alpha value is -1.24. The second-order valence-electron chi connectivity index (χ2n) is 3.01. The van der Waals surface area contributed by atoms with Crippen molar-refractivity contribution in [1.82, 2.24) is 0 Å². The smallest absolute Gasteiger partial charge is 0.423 e. The van der Waals surface area contributed by atoms with Crippen molar-refractivity contribution in [3.05, 3.63) is 18.2 Å². The van der Waals surface area contributed by atoms with Gasteiger partial charge in [0.15, 0.2) is 0 Å². The van der Waals surface area contributed by atoms with E-state index < -0.39 is 7.12 Å². The number of nitrogens with two attached hydrogens (primary N) is 2. The molecule has 1 aromatic carbocycles. The zero-order valence-corrected chi connectivity index (χ0v) is 8.08. The van der Waals surface area contributed by atoms with Crippen LogP contribution in [0, 0.1) is 0 Å². The van der Waals surface area contributed by atoms with Gasteiger partial charge in [0.2, 0.25) is 0 Å². The van der Waals surface area contributed by atoms with E-state index >= 15 is 0 Å². The van der Waals surface area contributed by atoms with Crippen molar-refractivity contribution < 1.29 is 10.0 Å². The summed E-state index contributed by atoms with van der Waals surface area (Å²) in [6.07, 6.45) is 0. The molecule has 0 unspecified atom stereocenters. The molecule has 0 atom stereocenters. The fraction of sp³-hybridized carbons (Fsp3) is 0. The summed E-state index contributed by atoms with van der Waals surface area (Å²) in [4.78, 5) is 0. The minimum Gasteiger partial charge on any atom is -0.423 e. The summed E-state index contributed by atoms with van der Waals surface area (Å²) < 4.78 is 0.734. The summed E-state index contributed by atoms with van der Waals surface area (Å²) in [7, 11) is -1.49. The first-order valence-electron chi connectivity index (χ1n) is 4.03. The lowest BCUT2D eigenvalue weighted by Crippen LogP contribution is -2.29. The van der Waals surface area contributed by atoms with Crippen LogP contribution in [0.15, 0.2) is 18.2 Å². The summed E-state index contributed by atoms with van der Waals surface area (Å²) in [5.74, 6) is 0. The second kappa shape index (κ2) is 3.16. The topological polar surface area (TPSA) is 92.5 Å². The number of rotatable bonds is 1. The highest BCUT2D eigenvalue weighted by atomic mass is 32.1. The van der Waals surface area contributed by atoms with Crippen molar-refractivity contribution in [1.29, 1.82) is 0 Å². The normalized spacial score (nSPS) is 10.7. The third-order valence-electron chi connectivity index (χ3n) is 2.04. The molecule has 1 heterocycles. The molecule has 6 heteroatoms. The quantitative estimate of drug-likeness (QED) is 0.384. The lowest BCUT2D eigenvalue weighted by Gasteiger charge is -2.02. The minimum atomic E-state index is -1.49. The van der Waals surface area contributed by atoms with E-state index in [1.54, 1.807) is 18.2 Å². The number of nitrogen functional groups attached to an aromatic ring is 2. The Kier molecular flexibility index (Phi) is 2.11. The number of benzene rings is 1. The van der Waals surface area contributed by atoms with Crippen LogP contribution in [0.25, 0.3) is 10.1 Å². The molecule has 0 aliphatic carbocycles. The summed E-state index contributed by atoms with van der Waals surface area (Å²) >= 11 is 1.30. The fourth-order valence-electron chi connectivity index (χ4n) is 1.39. The molecule has 2 aromatic rings. The number of fused-ring (bicyclic) bond motifs is 1. The molecule has 2 rings (SSSR count). The van der Waals surface area contributed by atoms with Gasteiger partial charge in [-0.1, -0.05) is 6.07 Å². The maximum absolute atomic E-state index is 9.10. The van der Waals surface area contributed by atoms with E-state index in [4.69, 9.17) is 21.5 Å². The molecule has 14 heavy (non-hydrogen) atoms. The molecule has 4 nitrogen and oxygen atoms in total. The van der Waals surface area contributed by atoms with E-state index in [1.807, 2.05) is 0 Å². The van der Waals surface area contributed by atoms with Crippen molar-refractivity contribution >= 4 is 44.7 Å². The van der Waals surface area contributed by atoms with Crippen molar-refractivity contribution in [2.24, 2.45) is 0 Å². The third kappa shape index (κ3) is 1.33. The van der Waals surface area contributed by atoms with E-state index in [-0.39, 0.29) is 0 Å². The van der Waals surface area contributed by atoms with Crippen LogP contribution in [0.2, 0.25) is 0 Å². The van der Waals surface area contributed by atoms with E-state index in [2.05, 4.69) is 0 Å². The highest BCUT2D eigenvalue weighted by Crippen LogP contribution is 2.30. The van der Waals surface area contributed by atoms with Gasteiger partial charge < -0.3 is 21.5 Å². The number of anilines is 2. The molecule has 0 amide bonds. The molecule has 0 radical (unpaired) electrons. The Morgan fingerprint density at radius 2 is 1.93 bits per heavy atom. The van der Waals surface area contributed by atoms with E-state index in [1.165, 1.54) is 11.3 Å². The Morgan fingerprint density at radius 1 is 1.21 bits per heavy atom. The van der Waals surface area contributed by atoms with Gasteiger partial charge in [-0.3, -0.25) is 0 Å². The average molecular weight is 208 g/mol. The van der Waals surface area contributed by atoms with Crippen LogP contribution < -0.4 is 16.9 Å². The van der Waals surface area contributed by atoms with E-state index in [0.717, 1.165) is 10.1 Å². The Balaban J connectivity index is 2.81. The monoisotopic (exact) mass is 208 g/mol. The van der Waals surface area contributed by atoms with Crippen LogP contribution in [0.5, 0.6) is 0 Å². The largest absolute Gasteiger partial charge is 0.489 e. The summed E-state index contributed by atoms with van der Waals surface area (Å²) in [6.45, 7) is 0. The molecule has 0 bridgehead atoms. The molecule has 0 saturated heterocycles. The third-order valence-corrected chi connectivity index (χ3v) is 3.06. The summed E-state index contributed by atoms with van der Waals surface area (Å²) in [5, 5.41) is 19.6. The molecule has 0 aliphatic heterocycles. The molecule has 0 spiro atoms. The zero-order valence-electron chi connectivity index (χ0n) is 7.27.